The zero-order valence-corrected chi connectivity index (χ0v) is 13.8. The molecule has 0 radical (unpaired) electrons. The van der Waals surface area contributed by atoms with Crippen molar-refractivity contribution in [3.8, 4) is 17.0 Å². The molecule has 0 saturated heterocycles. The molecule has 0 amide bonds. The van der Waals surface area contributed by atoms with Crippen molar-refractivity contribution in [1.82, 2.24) is 10.2 Å². The van der Waals surface area contributed by atoms with Crippen molar-refractivity contribution in [2.45, 2.75) is 27.7 Å². The second-order valence-electron chi connectivity index (χ2n) is 4.55. The van der Waals surface area contributed by atoms with Gasteiger partial charge in [-0.3, -0.25) is 5.10 Å². The smallest absolute Gasteiger partial charge is 0.159 e. The minimum atomic E-state index is 0.541. The van der Waals surface area contributed by atoms with E-state index in [2.05, 4.69) is 59.6 Å². The van der Waals surface area contributed by atoms with Crippen LogP contribution in [-0.4, -0.2) is 16.8 Å². The first kappa shape index (κ1) is 14.2. The molecule has 0 aliphatic carbocycles. The lowest BCUT2D eigenvalue weighted by Crippen LogP contribution is -2.00. The molecule has 0 saturated carbocycles. The number of hydrogen-bond donors (Lipinski definition) is 2. The van der Waals surface area contributed by atoms with E-state index in [9.17, 15) is 0 Å². The molecule has 2 aromatic rings. The Hall–Kier alpha value is -1.24. The van der Waals surface area contributed by atoms with E-state index in [-0.39, 0.29) is 0 Å². The third kappa shape index (κ3) is 2.43. The first-order valence-electron chi connectivity index (χ1n) is 6.20. The number of ether oxygens (including phenoxy) is 1. The number of nitrogen functional groups attached to an aromatic ring is 1. The quantitative estimate of drug-likeness (QED) is 0.811. The molecule has 4 nitrogen and oxygen atoms in total. The lowest BCUT2D eigenvalue weighted by Gasteiger charge is -2.16. The molecule has 2 rings (SSSR count). The molecule has 0 atom stereocenters. The minimum absolute atomic E-state index is 0.541. The number of anilines is 1. The minimum Gasteiger partial charge on any atom is -0.493 e. The van der Waals surface area contributed by atoms with Gasteiger partial charge in [0.25, 0.3) is 0 Å². The Morgan fingerprint density at radius 1 is 1.32 bits per heavy atom. The van der Waals surface area contributed by atoms with Crippen LogP contribution in [0.15, 0.2) is 6.07 Å². The summed E-state index contributed by atoms with van der Waals surface area (Å²) in [6.07, 6.45) is 0. The van der Waals surface area contributed by atoms with Crippen molar-refractivity contribution >= 4 is 28.4 Å². The van der Waals surface area contributed by atoms with E-state index in [1.54, 1.807) is 0 Å². The van der Waals surface area contributed by atoms with Crippen LogP contribution in [0.25, 0.3) is 11.3 Å². The number of nitrogens with two attached hydrogens (primary N) is 1. The topological polar surface area (TPSA) is 63.9 Å². The lowest BCUT2D eigenvalue weighted by molar-refractivity contribution is 0.335. The Labute approximate surface area is 126 Å². The largest absolute Gasteiger partial charge is 0.493 e. The van der Waals surface area contributed by atoms with Crippen LogP contribution in [0.1, 0.15) is 23.6 Å². The van der Waals surface area contributed by atoms with Gasteiger partial charge in [0, 0.05) is 5.56 Å². The Morgan fingerprint density at radius 3 is 2.53 bits per heavy atom. The highest BCUT2D eigenvalue weighted by atomic mass is 127. The summed E-state index contributed by atoms with van der Waals surface area (Å²) in [7, 11) is 0. The van der Waals surface area contributed by atoms with Crippen molar-refractivity contribution in [3.63, 3.8) is 0 Å². The predicted octanol–water partition coefficient (Wildman–Crippen LogP) is 3.59. The number of aryl methyl sites for hydroxylation is 1. The van der Waals surface area contributed by atoms with Crippen LogP contribution in [0.2, 0.25) is 0 Å². The van der Waals surface area contributed by atoms with Crippen molar-refractivity contribution in [1.29, 1.82) is 0 Å². The van der Waals surface area contributed by atoms with Gasteiger partial charge in [-0.15, -0.1) is 0 Å². The van der Waals surface area contributed by atoms with Gasteiger partial charge in [0.1, 0.15) is 5.75 Å². The molecule has 1 aromatic carbocycles. The maximum absolute atomic E-state index is 5.81. The number of nitrogens with zero attached hydrogens (tertiary/aromatic N) is 1. The first-order valence-corrected chi connectivity index (χ1v) is 7.28. The standard InChI is InChI=1S/C14H18IN3O/c1-5-19-13-7(2)6-10(8(3)9(13)4)12-11(15)14(16)18-17-12/h6H,5H2,1-4H3,(H3,16,17,18). The van der Waals surface area contributed by atoms with E-state index in [1.165, 1.54) is 11.1 Å². The van der Waals surface area contributed by atoms with Crippen LogP contribution < -0.4 is 10.5 Å². The van der Waals surface area contributed by atoms with Crippen molar-refractivity contribution in [2.24, 2.45) is 0 Å². The summed E-state index contributed by atoms with van der Waals surface area (Å²) >= 11 is 2.22. The maximum atomic E-state index is 5.81. The summed E-state index contributed by atoms with van der Waals surface area (Å²) < 4.78 is 6.68. The van der Waals surface area contributed by atoms with Crippen molar-refractivity contribution in [3.05, 3.63) is 26.3 Å². The molecule has 0 aliphatic heterocycles. The van der Waals surface area contributed by atoms with Crippen molar-refractivity contribution in [2.75, 3.05) is 12.3 Å². The number of H-pyrrole nitrogens is 1. The normalized spacial score (nSPS) is 10.8. The Balaban J connectivity index is 2.63. The molecule has 102 valence electrons. The van der Waals surface area contributed by atoms with Crippen molar-refractivity contribution < 1.29 is 4.74 Å². The van der Waals surface area contributed by atoms with Crippen LogP contribution in [0.4, 0.5) is 5.82 Å². The molecule has 19 heavy (non-hydrogen) atoms. The molecule has 1 aromatic heterocycles. The number of rotatable bonds is 3. The molecule has 0 unspecified atom stereocenters. The summed E-state index contributed by atoms with van der Waals surface area (Å²) in [4.78, 5) is 0. The summed E-state index contributed by atoms with van der Waals surface area (Å²) in [6, 6.07) is 2.13. The van der Waals surface area contributed by atoms with E-state index >= 15 is 0 Å². The summed E-state index contributed by atoms with van der Waals surface area (Å²) in [5.74, 6) is 1.52. The predicted molar refractivity (Wildman–Crippen MR) is 86.5 cm³/mol. The molecule has 0 spiro atoms. The molecule has 0 fully saturated rings. The van der Waals surface area contributed by atoms with Gasteiger partial charge in [-0.05, 0) is 73.0 Å². The summed E-state index contributed by atoms with van der Waals surface area (Å²) in [6.45, 7) is 8.92. The van der Waals surface area contributed by atoms with Gasteiger partial charge < -0.3 is 10.5 Å². The number of aromatic nitrogens is 2. The zero-order valence-electron chi connectivity index (χ0n) is 11.6. The molecular weight excluding hydrogens is 353 g/mol. The van der Waals surface area contributed by atoms with Crippen LogP contribution in [-0.2, 0) is 0 Å². The molecule has 1 heterocycles. The second kappa shape index (κ2) is 5.40. The van der Waals surface area contributed by atoms with E-state index in [4.69, 9.17) is 10.5 Å². The van der Waals surface area contributed by atoms with Crippen LogP contribution >= 0.6 is 22.6 Å². The summed E-state index contributed by atoms with van der Waals surface area (Å²) in [5, 5.41) is 7.08. The highest BCUT2D eigenvalue weighted by Crippen LogP contribution is 2.36. The van der Waals surface area contributed by atoms with Gasteiger partial charge in [0.05, 0.1) is 15.9 Å². The molecule has 0 bridgehead atoms. The Morgan fingerprint density at radius 2 is 2.00 bits per heavy atom. The number of benzene rings is 1. The highest BCUT2D eigenvalue weighted by Gasteiger charge is 2.17. The molecule has 5 heteroatoms. The Kier molecular flexibility index (Phi) is 4.03. The summed E-state index contributed by atoms with van der Waals surface area (Å²) in [5.41, 5.74) is 11.4. The van der Waals surface area contributed by atoms with Gasteiger partial charge in [-0.1, -0.05) is 0 Å². The van der Waals surface area contributed by atoms with Gasteiger partial charge in [-0.2, -0.15) is 5.10 Å². The first-order chi connectivity index (χ1) is 8.97. The van der Waals surface area contributed by atoms with E-state index in [1.807, 2.05) is 6.92 Å². The monoisotopic (exact) mass is 371 g/mol. The zero-order chi connectivity index (χ0) is 14.2. The molecule has 3 N–H and O–H groups in total. The average molecular weight is 371 g/mol. The SMILES string of the molecule is CCOc1c(C)cc(-c2[nH]nc(N)c2I)c(C)c1C. The fourth-order valence-electron chi connectivity index (χ4n) is 2.21. The third-order valence-electron chi connectivity index (χ3n) is 3.32. The van der Waals surface area contributed by atoms with E-state index in [0.717, 1.165) is 26.1 Å². The van der Waals surface area contributed by atoms with Gasteiger partial charge in [0.2, 0.25) is 0 Å². The van der Waals surface area contributed by atoms with E-state index in [0.29, 0.717) is 12.4 Å². The fraction of sp³-hybridized carbons (Fsp3) is 0.357. The van der Waals surface area contributed by atoms with Gasteiger partial charge >= 0.3 is 0 Å². The van der Waals surface area contributed by atoms with Gasteiger partial charge in [-0.25, -0.2) is 0 Å². The molecule has 0 aliphatic rings. The number of nitrogens with one attached hydrogen (secondary N) is 1. The maximum Gasteiger partial charge on any atom is 0.159 e. The number of aromatic amines is 1. The number of hydrogen-bond acceptors (Lipinski definition) is 3. The Bertz CT molecular complexity index is 620. The highest BCUT2D eigenvalue weighted by molar-refractivity contribution is 14.1. The lowest BCUT2D eigenvalue weighted by atomic mass is 9.96. The van der Waals surface area contributed by atoms with E-state index < -0.39 is 0 Å². The third-order valence-corrected chi connectivity index (χ3v) is 4.41. The van der Waals surface area contributed by atoms with Crippen LogP contribution in [0.3, 0.4) is 0 Å². The van der Waals surface area contributed by atoms with Gasteiger partial charge in [0.15, 0.2) is 5.82 Å². The number of halogens is 1. The average Bonchev–Trinajstić information content (AvgIpc) is 2.70. The van der Waals surface area contributed by atoms with Crippen LogP contribution in [0.5, 0.6) is 5.75 Å². The molecular formula is C14H18IN3O. The fourth-order valence-corrected chi connectivity index (χ4v) is 2.74. The second-order valence-corrected chi connectivity index (χ2v) is 5.63. The van der Waals surface area contributed by atoms with Crippen LogP contribution in [0, 0.1) is 24.3 Å².